The van der Waals surface area contributed by atoms with Gasteiger partial charge in [-0.1, -0.05) is 6.07 Å². The average molecular weight is 328 g/mol. The monoisotopic (exact) mass is 328 g/mol. The van der Waals surface area contributed by atoms with Crippen molar-refractivity contribution in [3.8, 4) is 11.5 Å². The number of carbonyl (C=O) groups is 2. The Kier molecular flexibility index (Phi) is 2.74. The lowest BCUT2D eigenvalue weighted by atomic mass is 9.87. The summed E-state index contributed by atoms with van der Waals surface area (Å²) in [5.74, 6) is 1.78. The van der Waals surface area contributed by atoms with Gasteiger partial charge >= 0.3 is 6.03 Å². The van der Waals surface area contributed by atoms with Crippen LogP contribution >= 0.6 is 0 Å². The lowest BCUT2D eigenvalue weighted by molar-refractivity contribution is -0.129. The zero-order chi connectivity index (χ0) is 16.5. The van der Waals surface area contributed by atoms with Gasteiger partial charge in [-0.2, -0.15) is 0 Å². The minimum absolute atomic E-state index is 0.0327. The molecule has 5 rings (SSSR count). The number of benzene rings is 1. The van der Waals surface area contributed by atoms with E-state index in [4.69, 9.17) is 9.47 Å². The Bertz CT molecular complexity index is 734. The second-order valence-corrected chi connectivity index (χ2v) is 7.44. The van der Waals surface area contributed by atoms with Gasteiger partial charge in [0.1, 0.15) is 17.6 Å². The van der Waals surface area contributed by atoms with Gasteiger partial charge in [0.25, 0.3) is 0 Å². The highest BCUT2D eigenvalue weighted by Gasteiger charge is 2.53. The Labute approximate surface area is 140 Å². The van der Waals surface area contributed by atoms with Gasteiger partial charge in [-0.05, 0) is 31.4 Å². The molecule has 1 aromatic carbocycles. The van der Waals surface area contributed by atoms with Crippen molar-refractivity contribution in [1.29, 1.82) is 0 Å². The van der Waals surface area contributed by atoms with Crippen LogP contribution in [0.15, 0.2) is 12.1 Å². The molecule has 1 N–H and O–H groups in total. The summed E-state index contributed by atoms with van der Waals surface area (Å²) in [5, 5.41) is 2.57. The number of ether oxygens (including phenoxy) is 2. The largest absolute Gasteiger partial charge is 0.492 e. The Hall–Kier alpha value is -2.24. The number of fused-ring (bicyclic) bond motifs is 2. The maximum absolute atomic E-state index is 11.8. The molecule has 6 heteroatoms. The van der Waals surface area contributed by atoms with Gasteiger partial charge in [-0.25, -0.2) is 4.79 Å². The van der Waals surface area contributed by atoms with E-state index in [0.717, 1.165) is 36.5 Å². The quantitative estimate of drug-likeness (QED) is 0.860. The number of aryl methyl sites for hydroxylation is 1. The van der Waals surface area contributed by atoms with Crippen LogP contribution < -0.4 is 14.8 Å². The summed E-state index contributed by atoms with van der Waals surface area (Å²) in [6, 6.07) is 3.78. The Morgan fingerprint density at radius 2 is 2.08 bits per heavy atom. The predicted molar refractivity (Wildman–Crippen MR) is 85.3 cm³/mol. The van der Waals surface area contributed by atoms with E-state index in [9.17, 15) is 9.59 Å². The third-order valence-corrected chi connectivity index (χ3v) is 5.80. The van der Waals surface area contributed by atoms with E-state index in [2.05, 4.69) is 12.2 Å². The molecule has 2 heterocycles. The molecule has 0 unspecified atom stereocenters. The molecule has 2 aliphatic heterocycles. The van der Waals surface area contributed by atoms with Crippen LogP contribution in [0, 0.1) is 6.92 Å². The molecule has 0 aromatic heterocycles. The van der Waals surface area contributed by atoms with Gasteiger partial charge in [-0.3, -0.25) is 9.69 Å². The lowest BCUT2D eigenvalue weighted by Crippen LogP contribution is -2.51. The Morgan fingerprint density at radius 1 is 1.29 bits per heavy atom. The van der Waals surface area contributed by atoms with Crippen LogP contribution in [0.1, 0.15) is 36.8 Å². The van der Waals surface area contributed by atoms with Crippen molar-refractivity contribution in [2.75, 3.05) is 13.2 Å². The Morgan fingerprint density at radius 3 is 2.75 bits per heavy atom. The van der Waals surface area contributed by atoms with E-state index in [-0.39, 0.29) is 36.0 Å². The molecule has 6 nitrogen and oxygen atoms in total. The topological polar surface area (TPSA) is 67.9 Å². The molecule has 0 bridgehead atoms. The molecular formula is C18H20N2O4. The SMILES string of the molecule is Cc1ccc(OC2CC(N3C(=O)CNC3=O)C2)c2c1OCC21CC1. The second-order valence-electron chi connectivity index (χ2n) is 7.44. The molecule has 0 radical (unpaired) electrons. The molecule has 0 atom stereocenters. The van der Waals surface area contributed by atoms with Crippen molar-refractivity contribution in [3.05, 3.63) is 23.3 Å². The maximum Gasteiger partial charge on any atom is 0.324 e. The van der Waals surface area contributed by atoms with Crippen LogP contribution in [0.2, 0.25) is 0 Å². The molecule has 4 aliphatic rings. The number of nitrogens with one attached hydrogen (secondary N) is 1. The summed E-state index contributed by atoms with van der Waals surface area (Å²) in [6.45, 7) is 2.95. The van der Waals surface area contributed by atoms with E-state index in [0.29, 0.717) is 12.8 Å². The fraction of sp³-hybridized carbons (Fsp3) is 0.556. The first-order valence-corrected chi connectivity index (χ1v) is 8.61. The van der Waals surface area contributed by atoms with Crippen molar-refractivity contribution < 1.29 is 19.1 Å². The predicted octanol–water partition coefficient (Wildman–Crippen LogP) is 1.88. The molecule has 3 amide bonds. The molecule has 2 saturated carbocycles. The van der Waals surface area contributed by atoms with Crippen LogP contribution in [-0.2, 0) is 10.2 Å². The number of hydrogen-bond acceptors (Lipinski definition) is 4. The summed E-state index contributed by atoms with van der Waals surface area (Å²) in [7, 11) is 0. The van der Waals surface area contributed by atoms with Gasteiger partial charge in [0.05, 0.1) is 13.2 Å². The summed E-state index contributed by atoms with van der Waals surface area (Å²) < 4.78 is 12.2. The number of imide groups is 1. The normalized spacial score (nSPS) is 29.1. The van der Waals surface area contributed by atoms with Crippen LogP contribution in [-0.4, -0.2) is 42.1 Å². The second kappa shape index (κ2) is 4.65. The summed E-state index contributed by atoms with van der Waals surface area (Å²) in [5.41, 5.74) is 2.57. The third-order valence-electron chi connectivity index (χ3n) is 5.80. The number of rotatable bonds is 3. The first-order chi connectivity index (χ1) is 11.6. The fourth-order valence-electron chi connectivity index (χ4n) is 4.11. The van der Waals surface area contributed by atoms with Crippen molar-refractivity contribution in [1.82, 2.24) is 10.2 Å². The van der Waals surface area contributed by atoms with Gasteiger partial charge in [0.15, 0.2) is 0 Å². The van der Waals surface area contributed by atoms with E-state index in [1.807, 2.05) is 12.1 Å². The number of carbonyl (C=O) groups excluding carboxylic acids is 2. The zero-order valence-electron chi connectivity index (χ0n) is 13.6. The van der Waals surface area contributed by atoms with Crippen LogP contribution in [0.3, 0.4) is 0 Å². The third kappa shape index (κ3) is 1.88. The minimum Gasteiger partial charge on any atom is -0.492 e. The molecule has 126 valence electrons. The van der Waals surface area contributed by atoms with E-state index in [1.54, 1.807) is 0 Å². The van der Waals surface area contributed by atoms with E-state index >= 15 is 0 Å². The number of nitrogens with zero attached hydrogens (tertiary/aromatic N) is 1. The first-order valence-electron chi connectivity index (χ1n) is 8.61. The highest BCUT2D eigenvalue weighted by molar-refractivity contribution is 6.02. The summed E-state index contributed by atoms with van der Waals surface area (Å²) in [6.07, 6.45) is 3.79. The standard InChI is InChI=1S/C18H20N2O4/c1-10-2-3-13(15-16(10)23-9-18(15)4-5-18)24-12-6-11(7-12)20-14(21)8-19-17(20)22/h2-3,11-12H,4-9H2,1H3,(H,19,22). The number of urea groups is 1. The van der Waals surface area contributed by atoms with E-state index < -0.39 is 0 Å². The Balaban J connectivity index is 1.32. The fourth-order valence-corrected chi connectivity index (χ4v) is 4.11. The van der Waals surface area contributed by atoms with Gasteiger partial charge in [-0.15, -0.1) is 0 Å². The highest BCUT2D eigenvalue weighted by atomic mass is 16.5. The van der Waals surface area contributed by atoms with Crippen molar-refractivity contribution in [3.63, 3.8) is 0 Å². The summed E-state index contributed by atoms with van der Waals surface area (Å²) >= 11 is 0. The molecule has 24 heavy (non-hydrogen) atoms. The average Bonchev–Trinajstić information content (AvgIpc) is 3.09. The lowest BCUT2D eigenvalue weighted by Gasteiger charge is -2.39. The number of amides is 3. The molecular weight excluding hydrogens is 308 g/mol. The zero-order valence-corrected chi connectivity index (χ0v) is 13.6. The first kappa shape index (κ1) is 14.1. The summed E-state index contributed by atoms with van der Waals surface area (Å²) in [4.78, 5) is 24.8. The number of hydrogen-bond donors (Lipinski definition) is 1. The molecule has 2 aliphatic carbocycles. The van der Waals surface area contributed by atoms with Crippen LogP contribution in [0.25, 0.3) is 0 Å². The van der Waals surface area contributed by atoms with Crippen LogP contribution in [0.5, 0.6) is 11.5 Å². The van der Waals surface area contributed by atoms with Gasteiger partial charge in [0, 0.05) is 29.9 Å². The minimum atomic E-state index is -0.273. The molecule has 1 spiro atoms. The smallest absolute Gasteiger partial charge is 0.324 e. The molecule has 1 saturated heterocycles. The van der Waals surface area contributed by atoms with Crippen molar-refractivity contribution >= 4 is 11.9 Å². The molecule has 3 fully saturated rings. The van der Waals surface area contributed by atoms with Crippen LogP contribution in [0.4, 0.5) is 4.79 Å². The van der Waals surface area contributed by atoms with E-state index in [1.165, 1.54) is 10.5 Å². The van der Waals surface area contributed by atoms with Crippen molar-refractivity contribution in [2.45, 2.75) is 50.2 Å². The van der Waals surface area contributed by atoms with Gasteiger partial charge < -0.3 is 14.8 Å². The van der Waals surface area contributed by atoms with Gasteiger partial charge in [0.2, 0.25) is 5.91 Å². The molecule has 1 aromatic rings. The highest BCUT2D eigenvalue weighted by Crippen LogP contribution is 2.59. The van der Waals surface area contributed by atoms with Crippen molar-refractivity contribution in [2.24, 2.45) is 0 Å². The maximum atomic E-state index is 11.8.